The van der Waals surface area contributed by atoms with Gasteiger partial charge in [0.15, 0.2) is 5.12 Å². The van der Waals surface area contributed by atoms with Crippen LogP contribution in [0.4, 0.5) is 0 Å². The number of hydrogen-bond acceptors (Lipinski definition) is 6. The van der Waals surface area contributed by atoms with E-state index in [1.54, 1.807) is 6.07 Å². The van der Waals surface area contributed by atoms with Crippen LogP contribution in [-0.4, -0.2) is 39.3 Å². The summed E-state index contributed by atoms with van der Waals surface area (Å²) < 4.78 is 5.06. The van der Waals surface area contributed by atoms with Gasteiger partial charge >= 0.3 is 0 Å². The summed E-state index contributed by atoms with van der Waals surface area (Å²) in [5.41, 5.74) is 0.409. The van der Waals surface area contributed by atoms with Crippen LogP contribution in [-0.2, 0) is 4.79 Å². The number of rotatable bonds is 5. The third-order valence-electron chi connectivity index (χ3n) is 2.17. The molecule has 0 aromatic carbocycles. The van der Waals surface area contributed by atoms with Crippen molar-refractivity contribution in [3.63, 3.8) is 0 Å². The second-order valence-corrected chi connectivity index (χ2v) is 4.63. The molecular formula is C11H15NO4S. The Morgan fingerprint density at radius 3 is 2.88 bits per heavy atom. The van der Waals surface area contributed by atoms with Crippen LogP contribution in [0.3, 0.4) is 0 Å². The van der Waals surface area contributed by atoms with Crippen LogP contribution >= 0.6 is 11.8 Å². The van der Waals surface area contributed by atoms with E-state index in [0.29, 0.717) is 11.3 Å². The molecule has 1 rings (SSSR count). The maximum absolute atomic E-state index is 10.8. The molecule has 0 aliphatic heterocycles. The van der Waals surface area contributed by atoms with Crippen LogP contribution in [0.2, 0.25) is 0 Å². The van der Waals surface area contributed by atoms with Crippen molar-refractivity contribution < 1.29 is 19.7 Å². The Hall–Kier alpha value is -1.11. The SMILES string of the molecule is COc1ccncc1C(O)C(O)CSC(C)=O. The Morgan fingerprint density at radius 2 is 2.29 bits per heavy atom. The summed E-state index contributed by atoms with van der Waals surface area (Å²) >= 11 is 0.966. The number of carbonyl (C=O) groups is 1. The Bertz CT molecular complexity index is 385. The fourth-order valence-corrected chi connectivity index (χ4v) is 1.89. The van der Waals surface area contributed by atoms with Crippen LogP contribution in [0.1, 0.15) is 18.6 Å². The highest BCUT2D eigenvalue weighted by Gasteiger charge is 2.22. The molecule has 6 heteroatoms. The van der Waals surface area contributed by atoms with Crippen LogP contribution in [0.15, 0.2) is 18.5 Å². The monoisotopic (exact) mass is 257 g/mol. The average Bonchev–Trinajstić information content (AvgIpc) is 2.34. The van der Waals surface area contributed by atoms with Gasteiger partial charge in [-0.25, -0.2) is 0 Å². The molecule has 94 valence electrons. The standard InChI is InChI=1S/C11H15NO4S/c1-7(13)17-6-9(14)11(15)8-5-12-4-3-10(8)16-2/h3-5,9,11,14-15H,6H2,1-2H3. The lowest BCUT2D eigenvalue weighted by Crippen LogP contribution is -2.22. The topological polar surface area (TPSA) is 79.7 Å². The number of carbonyl (C=O) groups excluding carboxylic acids is 1. The first-order valence-electron chi connectivity index (χ1n) is 5.03. The van der Waals surface area contributed by atoms with Crippen LogP contribution in [0.5, 0.6) is 5.75 Å². The van der Waals surface area contributed by atoms with Crippen molar-refractivity contribution in [2.24, 2.45) is 0 Å². The molecule has 0 spiro atoms. The van der Waals surface area contributed by atoms with Crippen molar-refractivity contribution in [3.8, 4) is 5.75 Å². The molecule has 2 unspecified atom stereocenters. The Kier molecular flexibility index (Phi) is 5.40. The first-order chi connectivity index (χ1) is 8.06. The smallest absolute Gasteiger partial charge is 0.185 e. The fourth-order valence-electron chi connectivity index (χ4n) is 1.30. The predicted molar refractivity (Wildman–Crippen MR) is 64.9 cm³/mol. The molecule has 17 heavy (non-hydrogen) atoms. The largest absolute Gasteiger partial charge is 0.496 e. The van der Waals surface area contributed by atoms with E-state index in [-0.39, 0.29) is 10.9 Å². The summed E-state index contributed by atoms with van der Waals surface area (Å²) in [6.07, 6.45) is 0.809. The van der Waals surface area contributed by atoms with Gasteiger partial charge in [0.25, 0.3) is 0 Å². The maximum Gasteiger partial charge on any atom is 0.185 e. The van der Waals surface area contributed by atoms with E-state index in [0.717, 1.165) is 11.8 Å². The highest BCUT2D eigenvalue weighted by molar-refractivity contribution is 8.13. The zero-order valence-corrected chi connectivity index (χ0v) is 10.5. The number of aliphatic hydroxyl groups excluding tert-OH is 2. The van der Waals surface area contributed by atoms with E-state index in [2.05, 4.69) is 4.98 Å². The van der Waals surface area contributed by atoms with Crippen molar-refractivity contribution in [1.29, 1.82) is 0 Å². The van der Waals surface area contributed by atoms with Crippen molar-refractivity contribution in [1.82, 2.24) is 4.98 Å². The molecule has 0 bridgehead atoms. The summed E-state index contributed by atoms with van der Waals surface area (Å²) in [7, 11) is 1.47. The molecule has 5 nitrogen and oxygen atoms in total. The van der Waals surface area contributed by atoms with Crippen LogP contribution in [0, 0.1) is 0 Å². The predicted octanol–water partition coefficient (Wildman–Crippen LogP) is 0.764. The van der Waals surface area contributed by atoms with Gasteiger partial charge in [-0.3, -0.25) is 9.78 Å². The van der Waals surface area contributed by atoms with E-state index < -0.39 is 12.2 Å². The Labute approximate surface area is 104 Å². The van der Waals surface area contributed by atoms with Gasteiger partial charge in [-0.05, 0) is 6.07 Å². The number of methoxy groups -OCH3 is 1. The molecule has 0 saturated heterocycles. The van der Waals surface area contributed by atoms with Gasteiger partial charge in [-0.1, -0.05) is 11.8 Å². The van der Waals surface area contributed by atoms with Crippen molar-refractivity contribution in [3.05, 3.63) is 24.0 Å². The number of aliphatic hydroxyl groups is 2. The van der Waals surface area contributed by atoms with Gasteiger partial charge < -0.3 is 14.9 Å². The maximum atomic E-state index is 10.8. The summed E-state index contributed by atoms with van der Waals surface area (Å²) in [5, 5.41) is 19.6. The molecule has 0 fully saturated rings. The minimum atomic E-state index is -1.12. The lowest BCUT2D eigenvalue weighted by Gasteiger charge is -2.18. The Balaban J connectivity index is 2.73. The summed E-state index contributed by atoms with van der Waals surface area (Å²) in [6, 6.07) is 1.60. The van der Waals surface area contributed by atoms with Gasteiger partial charge in [0.05, 0.1) is 13.2 Å². The number of thioether (sulfide) groups is 1. The summed E-state index contributed by atoms with van der Waals surface area (Å²) in [4.78, 5) is 14.6. The van der Waals surface area contributed by atoms with E-state index in [1.165, 1.54) is 26.4 Å². The lowest BCUT2D eigenvalue weighted by atomic mass is 10.1. The van der Waals surface area contributed by atoms with E-state index in [4.69, 9.17) is 4.74 Å². The Morgan fingerprint density at radius 1 is 1.59 bits per heavy atom. The van der Waals surface area contributed by atoms with E-state index >= 15 is 0 Å². The summed E-state index contributed by atoms with van der Waals surface area (Å²) in [6.45, 7) is 1.41. The second kappa shape index (κ2) is 6.58. The number of pyridine rings is 1. The quantitative estimate of drug-likeness (QED) is 0.811. The first kappa shape index (κ1) is 14.0. The number of nitrogens with zero attached hydrogens (tertiary/aromatic N) is 1. The molecule has 0 amide bonds. The molecule has 0 aliphatic rings. The normalized spacial score (nSPS) is 14.1. The molecular weight excluding hydrogens is 242 g/mol. The third kappa shape index (κ3) is 3.99. The fraction of sp³-hybridized carbons (Fsp3) is 0.455. The molecule has 1 heterocycles. The molecule has 0 saturated carbocycles. The van der Waals surface area contributed by atoms with Crippen molar-refractivity contribution in [2.45, 2.75) is 19.1 Å². The molecule has 0 radical (unpaired) electrons. The van der Waals surface area contributed by atoms with Gasteiger partial charge in [-0.2, -0.15) is 0 Å². The molecule has 0 aliphatic carbocycles. The number of hydrogen-bond donors (Lipinski definition) is 2. The zero-order valence-electron chi connectivity index (χ0n) is 9.66. The van der Waals surface area contributed by atoms with Crippen molar-refractivity contribution in [2.75, 3.05) is 12.9 Å². The molecule has 1 aromatic heterocycles. The average molecular weight is 257 g/mol. The highest BCUT2D eigenvalue weighted by Crippen LogP contribution is 2.27. The third-order valence-corrected chi connectivity index (χ3v) is 3.09. The van der Waals surface area contributed by atoms with Gasteiger partial charge in [0.2, 0.25) is 0 Å². The van der Waals surface area contributed by atoms with Gasteiger partial charge in [0, 0.05) is 30.6 Å². The molecule has 2 atom stereocenters. The number of ether oxygens (including phenoxy) is 1. The molecule has 1 aromatic rings. The van der Waals surface area contributed by atoms with Crippen LogP contribution < -0.4 is 4.74 Å². The van der Waals surface area contributed by atoms with Crippen molar-refractivity contribution >= 4 is 16.9 Å². The summed E-state index contributed by atoms with van der Waals surface area (Å²) in [5.74, 6) is 0.591. The van der Waals surface area contributed by atoms with Gasteiger partial charge in [0.1, 0.15) is 11.9 Å². The highest BCUT2D eigenvalue weighted by atomic mass is 32.2. The molecule has 2 N–H and O–H groups in total. The van der Waals surface area contributed by atoms with E-state index in [1.807, 2.05) is 0 Å². The minimum Gasteiger partial charge on any atom is -0.496 e. The zero-order chi connectivity index (χ0) is 12.8. The minimum absolute atomic E-state index is 0.102. The lowest BCUT2D eigenvalue weighted by molar-refractivity contribution is -0.109. The first-order valence-corrected chi connectivity index (χ1v) is 6.02. The number of aromatic nitrogens is 1. The van der Waals surface area contributed by atoms with Gasteiger partial charge in [-0.15, -0.1) is 0 Å². The van der Waals surface area contributed by atoms with E-state index in [9.17, 15) is 15.0 Å². The van der Waals surface area contributed by atoms with Crippen LogP contribution in [0.25, 0.3) is 0 Å². The second-order valence-electron chi connectivity index (χ2n) is 3.43.